The largest absolute Gasteiger partial charge is 0.489 e. The SMILES string of the molecule is C=CCSc1nc2c(c(=O)[nH]1)[C@H](c1ccc(OCc3ccccc3)cc1)C1=C(CCCC1=O)N2. The fourth-order valence-electron chi connectivity index (χ4n) is 4.48. The standard InChI is InChI=1S/C27H25N3O3S/c1-2-15-34-27-29-25-24(26(32)30-27)22(23-20(28-25)9-6-10-21(23)31)18-11-13-19(14-12-18)33-16-17-7-4-3-5-8-17/h2-5,7-8,11-14,22H,1,6,9-10,15-16H2,(H2,28,29,30,32)/t22-/m1/s1. The van der Waals surface area contributed by atoms with Crippen molar-refractivity contribution in [2.75, 3.05) is 11.1 Å². The molecule has 2 heterocycles. The number of carbonyl (C=O) groups is 1. The zero-order chi connectivity index (χ0) is 23.5. The zero-order valence-corrected chi connectivity index (χ0v) is 19.5. The molecule has 1 aliphatic carbocycles. The second kappa shape index (κ2) is 9.73. The van der Waals surface area contributed by atoms with E-state index < -0.39 is 5.92 Å². The van der Waals surface area contributed by atoms with Crippen molar-refractivity contribution in [3.63, 3.8) is 0 Å². The first kappa shape index (κ1) is 22.2. The van der Waals surface area contributed by atoms with Gasteiger partial charge in [0.05, 0.1) is 5.56 Å². The Hall–Kier alpha value is -3.58. The number of allylic oxidation sites excluding steroid dienone is 2. The Morgan fingerprint density at radius 3 is 2.65 bits per heavy atom. The van der Waals surface area contributed by atoms with Gasteiger partial charge in [-0.3, -0.25) is 9.59 Å². The van der Waals surface area contributed by atoms with Crippen LogP contribution in [0.15, 0.2) is 88.5 Å². The third kappa shape index (κ3) is 4.43. The van der Waals surface area contributed by atoms with Crippen molar-refractivity contribution >= 4 is 23.4 Å². The van der Waals surface area contributed by atoms with Crippen LogP contribution in [0.5, 0.6) is 5.75 Å². The molecular weight excluding hydrogens is 446 g/mol. The lowest BCUT2D eigenvalue weighted by molar-refractivity contribution is -0.116. The molecule has 0 amide bonds. The molecule has 1 aliphatic heterocycles. The maximum absolute atomic E-state index is 13.2. The van der Waals surface area contributed by atoms with E-state index in [0.717, 1.165) is 35.4 Å². The summed E-state index contributed by atoms with van der Waals surface area (Å²) in [6, 6.07) is 17.6. The molecule has 0 fully saturated rings. The van der Waals surface area contributed by atoms with Crippen molar-refractivity contribution in [3.8, 4) is 5.75 Å². The molecule has 0 saturated carbocycles. The molecule has 2 N–H and O–H groups in total. The number of hydrogen-bond donors (Lipinski definition) is 2. The predicted molar refractivity (Wildman–Crippen MR) is 134 cm³/mol. The topological polar surface area (TPSA) is 84.1 Å². The Bertz CT molecular complexity index is 1310. The van der Waals surface area contributed by atoms with E-state index >= 15 is 0 Å². The number of rotatable bonds is 7. The monoisotopic (exact) mass is 471 g/mol. The number of nitrogens with one attached hydrogen (secondary N) is 2. The van der Waals surface area contributed by atoms with Crippen LogP contribution in [0.3, 0.4) is 0 Å². The number of H-pyrrole nitrogens is 1. The van der Waals surface area contributed by atoms with E-state index in [9.17, 15) is 9.59 Å². The molecular formula is C27H25N3O3S. The van der Waals surface area contributed by atoms with Crippen molar-refractivity contribution in [1.29, 1.82) is 0 Å². The highest BCUT2D eigenvalue weighted by Crippen LogP contribution is 2.43. The molecule has 2 aliphatic rings. The van der Waals surface area contributed by atoms with Gasteiger partial charge in [-0.1, -0.05) is 60.3 Å². The molecule has 0 unspecified atom stereocenters. The van der Waals surface area contributed by atoms with Gasteiger partial charge in [-0.2, -0.15) is 0 Å². The van der Waals surface area contributed by atoms with Crippen LogP contribution < -0.4 is 15.6 Å². The molecule has 6 nitrogen and oxygen atoms in total. The summed E-state index contributed by atoms with van der Waals surface area (Å²) in [6.07, 6.45) is 3.81. The number of fused-ring (bicyclic) bond motifs is 1. The number of hydrogen-bond acceptors (Lipinski definition) is 6. The molecule has 3 aromatic rings. The zero-order valence-electron chi connectivity index (χ0n) is 18.7. The van der Waals surface area contributed by atoms with Gasteiger partial charge in [0.2, 0.25) is 0 Å². The summed E-state index contributed by atoms with van der Waals surface area (Å²) in [4.78, 5) is 33.7. The highest BCUT2D eigenvalue weighted by molar-refractivity contribution is 7.99. The lowest BCUT2D eigenvalue weighted by atomic mass is 9.76. The van der Waals surface area contributed by atoms with E-state index in [-0.39, 0.29) is 11.3 Å². The summed E-state index contributed by atoms with van der Waals surface area (Å²) in [5.74, 6) is 1.52. The number of carbonyl (C=O) groups excluding carboxylic acids is 1. The van der Waals surface area contributed by atoms with E-state index in [1.807, 2.05) is 54.6 Å². The first-order valence-corrected chi connectivity index (χ1v) is 12.3. The van der Waals surface area contributed by atoms with Gasteiger partial charge in [-0.15, -0.1) is 6.58 Å². The number of ether oxygens (including phenoxy) is 1. The molecule has 7 heteroatoms. The van der Waals surface area contributed by atoms with E-state index in [4.69, 9.17) is 4.74 Å². The van der Waals surface area contributed by atoms with E-state index in [0.29, 0.717) is 40.9 Å². The van der Waals surface area contributed by atoms with Crippen molar-refractivity contribution in [1.82, 2.24) is 9.97 Å². The predicted octanol–water partition coefficient (Wildman–Crippen LogP) is 5.19. The number of nitrogens with zero attached hydrogens (tertiary/aromatic N) is 1. The van der Waals surface area contributed by atoms with Crippen LogP contribution in [-0.4, -0.2) is 21.5 Å². The molecule has 0 saturated heterocycles. The molecule has 5 rings (SSSR count). The lowest BCUT2D eigenvalue weighted by Gasteiger charge is -2.32. The second-order valence-corrected chi connectivity index (χ2v) is 9.31. The maximum atomic E-state index is 13.2. The molecule has 0 spiro atoms. The minimum atomic E-state index is -0.461. The molecule has 1 atom stereocenters. The van der Waals surface area contributed by atoms with Crippen LogP contribution in [0.25, 0.3) is 0 Å². The molecule has 0 bridgehead atoms. The highest BCUT2D eigenvalue weighted by atomic mass is 32.2. The fourth-order valence-corrected chi connectivity index (χ4v) is 5.07. The Morgan fingerprint density at radius 2 is 1.88 bits per heavy atom. The van der Waals surface area contributed by atoms with Gasteiger partial charge in [0, 0.05) is 29.4 Å². The Balaban J connectivity index is 1.50. The van der Waals surface area contributed by atoms with Crippen molar-refractivity contribution < 1.29 is 9.53 Å². The van der Waals surface area contributed by atoms with Crippen molar-refractivity contribution in [3.05, 3.63) is 106 Å². The van der Waals surface area contributed by atoms with Crippen molar-refractivity contribution in [2.45, 2.75) is 36.9 Å². The normalized spacial score (nSPS) is 16.9. The van der Waals surface area contributed by atoms with Gasteiger partial charge in [0.15, 0.2) is 10.9 Å². The molecule has 34 heavy (non-hydrogen) atoms. The summed E-state index contributed by atoms with van der Waals surface area (Å²) in [5.41, 5.74) is 3.75. The number of ketones is 1. The molecule has 0 radical (unpaired) electrons. The van der Waals surface area contributed by atoms with E-state index in [1.165, 1.54) is 11.8 Å². The summed E-state index contributed by atoms with van der Waals surface area (Å²) >= 11 is 1.42. The van der Waals surface area contributed by atoms with Crippen LogP contribution >= 0.6 is 11.8 Å². The smallest absolute Gasteiger partial charge is 0.257 e. The average molecular weight is 472 g/mol. The van der Waals surface area contributed by atoms with Crippen LogP contribution in [-0.2, 0) is 11.4 Å². The van der Waals surface area contributed by atoms with E-state index in [2.05, 4.69) is 21.9 Å². The molecule has 2 aromatic carbocycles. The fraction of sp³-hybridized carbons (Fsp3) is 0.222. The van der Waals surface area contributed by atoms with Crippen molar-refractivity contribution in [2.24, 2.45) is 0 Å². The average Bonchev–Trinajstić information content (AvgIpc) is 2.86. The van der Waals surface area contributed by atoms with Gasteiger partial charge in [0.1, 0.15) is 18.2 Å². The number of Topliss-reactive ketones (excluding diaryl/α,β-unsaturated/α-hetero) is 1. The Labute approximate surface area is 202 Å². The summed E-state index contributed by atoms with van der Waals surface area (Å²) in [6.45, 7) is 4.20. The van der Waals surface area contributed by atoms with Gasteiger partial charge in [-0.25, -0.2) is 4.98 Å². The summed E-state index contributed by atoms with van der Waals surface area (Å²) < 4.78 is 5.93. The number of anilines is 1. The Kier molecular flexibility index (Phi) is 6.36. The first-order valence-electron chi connectivity index (χ1n) is 11.3. The van der Waals surface area contributed by atoms with Crippen LogP contribution in [0.1, 0.15) is 41.9 Å². The second-order valence-electron chi connectivity index (χ2n) is 8.30. The Morgan fingerprint density at radius 1 is 1.09 bits per heavy atom. The van der Waals surface area contributed by atoms with Gasteiger partial charge >= 0.3 is 0 Å². The van der Waals surface area contributed by atoms with Gasteiger partial charge < -0.3 is 15.0 Å². The molecule has 1 aromatic heterocycles. The highest BCUT2D eigenvalue weighted by Gasteiger charge is 2.37. The van der Waals surface area contributed by atoms with Crippen LogP contribution in [0.4, 0.5) is 5.82 Å². The summed E-state index contributed by atoms with van der Waals surface area (Å²) in [7, 11) is 0. The van der Waals surface area contributed by atoms with Crippen LogP contribution in [0.2, 0.25) is 0 Å². The number of benzene rings is 2. The minimum absolute atomic E-state index is 0.0818. The van der Waals surface area contributed by atoms with Gasteiger partial charge in [-0.05, 0) is 36.1 Å². The van der Waals surface area contributed by atoms with Crippen LogP contribution in [0, 0.1) is 0 Å². The van der Waals surface area contributed by atoms with E-state index in [1.54, 1.807) is 6.08 Å². The third-order valence-electron chi connectivity index (χ3n) is 6.04. The number of thioether (sulfide) groups is 1. The third-order valence-corrected chi connectivity index (χ3v) is 6.91. The lowest BCUT2D eigenvalue weighted by Crippen LogP contribution is -2.32. The minimum Gasteiger partial charge on any atom is -0.489 e. The maximum Gasteiger partial charge on any atom is 0.257 e. The quantitative estimate of drug-likeness (QED) is 0.280. The summed E-state index contributed by atoms with van der Waals surface area (Å²) in [5, 5.41) is 3.83. The van der Waals surface area contributed by atoms with Gasteiger partial charge in [0.25, 0.3) is 5.56 Å². The number of aromatic amines is 1. The number of aromatic nitrogens is 2. The first-order chi connectivity index (χ1) is 16.6. The molecule has 172 valence electrons.